The maximum absolute atomic E-state index is 3.36. The molecule has 0 N–H and O–H groups in total. The molecule has 0 aromatic heterocycles. The number of rotatable bonds is 1. The van der Waals surface area contributed by atoms with Gasteiger partial charge in [0.2, 0.25) is 0 Å². The van der Waals surface area contributed by atoms with Crippen LogP contribution in [0.2, 0.25) is 0 Å². The van der Waals surface area contributed by atoms with Crippen LogP contribution in [0.15, 0.2) is 16.2 Å². The third-order valence-corrected chi connectivity index (χ3v) is 0.422. The van der Waals surface area contributed by atoms with Crippen LogP contribution in [0.4, 0.5) is 0 Å². The molecule has 0 saturated carbocycles. The van der Waals surface area contributed by atoms with Crippen LogP contribution in [0, 0.1) is 0 Å². The summed E-state index contributed by atoms with van der Waals surface area (Å²) in [5, 5.41) is 0. The Balaban J connectivity index is 3.20. The van der Waals surface area contributed by atoms with E-state index in [1.165, 1.54) is 0 Å². The molecular formula is C3H4BrN. The Hall–Kier alpha value is -0.110. The predicted molar refractivity (Wildman–Crippen MR) is 27.6 cm³/mol. The van der Waals surface area contributed by atoms with Crippen molar-refractivity contribution in [1.29, 1.82) is 0 Å². The number of nitrogens with zero attached hydrogens (tertiary/aromatic N) is 1. The highest BCUT2D eigenvalue weighted by Gasteiger charge is 1.63. The van der Waals surface area contributed by atoms with Gasteiger partial charge in [-0.2, -0.15) is 0 Å². The van der Waals surface area contributed by atoms with Crippen LogP contribution >= 0.6 is 15.9 Å². The van der Waals surface area contributed by atoms with Gasteiger partial charge in [0, 0.05) is 0 Å². The smallest absolute Gasteiger partial charge is 0.0977 e. The van der Waals surface area contributed by atoms with Crippen molar-refractivity contribution in [2.24, 2.45) is 4.99 Å². The van der Waals surface area contributed by atoms with E-state index in [0.717, 1.165) is 0 Å². The average Bonchev–Trinajstić information content (AvgIpc) is 1.38. The highest BCUT2D eigenvalue weighted by atomic mass is 79.9. The second kappa shape index (κ2) is 2.15. The lowest BCUT2D eigenvalue weighted by atomic mass is 11.1. The Morgan fingerprint density at radius 3 is 2.00 bits per heavy atom. The molecular weight excluding hydrogens is 130 g/mol. The van der Waals surface area contributed by atoms with E-state index in [9.17, 15) is 0 Å². The SMILES string of the molecule is C=NC(=C)Br. The second-order valence-corrected chi connectivity index (χ2v) is 1.45. The fraction of sp³-hybridized carbons (Fsp3) is 0. The lowest BCUT2D eigenvalue weighted by Gasteiger charge is -1.69. The topological polar surface area (TPSA) is 12.4 Å². The van der Waals surface area contributed by atoms with Gasteiger partial charge < -0.3 is 0 Å². The predicted octanol–water partition coefficient (Wildman–Crippen LogP) is 1.55. The molecule has 0 unspecified atom stereocenters. The Morgan fingerprint density at radius 2 is 2.00 bits per heavy atom. The van der Waals surface area contributed by atoms with Crippen LogP contribution in [-0.4, -0.2) is 6.72 Å². The van der Waals surface area contributed by atoms with Gasteiger partial charge in [-0.25, -0.2) is 0 Å². The van der Waals surface area contributed by atoms with Gasteiger partial charge >= 0.3 is 0 Å². The van der Waals surface area contributed by atoms with Crippen LogP contribution in [-0.2, 0) is 0 Å². The molecule has 0 radical (unpaired) electrons. The van der Waals surface area contributed by atoms with Crippen molar-refractivity contribution in [2.45, 2.75) is 0 Å². The largest absolute Gasteiger partial charge is 0.258 e. The van der Waals surface area contributed by atoms with E-state index in [1.54, 1.807) is 0 Å². The van der Waals surface area contributed by atoms with Crippen LogP contribution in [0.3, 0.4) is 0 Å². The molecule has 0 aliphatic rings. The number of halogens is 1. The molecule has 2 heteroatoms. The van der Waals surface area contributed by atoms with Crippen molar-refractivity contribution < 1.29 is 0 Å². The average molecular weight is 134 g/mol. The van der Waals surface area contributed by atoms with E-state index in [0.29, 0.717) is 4.61 Å². The molecule has 0 rings (SSSR count). The summed E-state index contributed by atoms with van der Waals surface area (Å²) in [5.74, 6) is 0. The summed E-state index contributed by atoms with van der Waals surface area (Å²) in [6.45, 7) is 6.52. The molecule has 0 saturated heterocycles. The maximum Gasteiger partial charge on any atom is 0.0977 e. The van der Waals surface area contributed by atoms with Crippen molar-refractivity contribution >= 4 is 22.6 Å². The zero-order valence-corrected chi connectivity index (χ0v) is 4.33. The van der Waals surface area contributed by atoms with Gasteiger partial charge in [-0.05, 0) is 22.6 Å². The Kier molecular flexibility index (Phi) is 2.10. The lowest BCUT2D eigenvalue weighted by Crippen LogP contribution is -1.44. The maximum atomic E-state index is 3.36. The minimum absolute atomic E-state index is 0.581. The summed E-state index contributed by atoms with van der Waals surface area (Å²) in [5.41, 5.74) is 0. The molecule has 0 aromatic carbocycles. The summed E-state index contributed by atoms with van der Waals surface area (Å²) in [4.78, 5) is 3.36. The van der Waals surface area contributed by atoms with E-state index >= 15 is 0 Å². The van der Waals surface area contributed by atoms with E-state index in [4.69, 9.17) is 0 Å². The van der Waals surface area contributed by atoms with E-state index in [2.05, 4.69) is 34.2 Å². The number of hydrogen-bond acceptors (Lipinski definition) is 1. The molecule has 28 valence electrons. The summed E-state index contributed by atoms with van der Waals surface area (Å²) in [6, 6.07) is 0. The van der Waals surface area contributed by atoms with Gasteiger partial charge in [0.05, 0.1) is 4.61 Å². The first kappa shape index (κ1) is 4.89. The Labute approximate surface area is 39.5 Å². The first-order chi connectivity index (χ1) is 2.27. The lowest BCUT2D eigenvalue weighted by molar-refractivity contribution is 1.61. The highest BCUT2D eigenvalue weighted by Crippen LogP contribution is 1.97. The molecule has 1 nitrogen and oxygen atoms in total. The molecule has 0 heterocycles. The van der Waals surface area contributed by atoms with Gasteiger partial charge in [-0.15, -0.1) is 0 Å². The first-order valence-electron chi connectivity index (χ1n) is 1.08. The molecule has 5 heavy (non-hydrogen) atoms. The Morgan fingerprint density at radius 1 is 1.80 bits per heavy atom. The van der Waals surface area contributed by atoms with Crippen molar-refractivity contribution in [2.75, 3.05) is 0 Å². The first-order valence-corrected chi connectivity index (χ1v) is 1.88. The van der Waals surface area contributed by atoms with Crippen LogP contribution in [0.5, 0.6) is 0 Å². The van der Waals surface area contributed by atoms with Gasteiger partial charge in [0.25, 0.3) is 0 Å². The summed E-state index contributed by atoms with van der Waals surface area (Å²) in [6.07, 6.45) is 0. The molecule has 0 bridgehead atoms. The summed E-state index contributed by atoms with van der Waals surface area (Å²) >= 11 is 2.95. The van der Waals surface area contributed by atoms with Crippen LogP contribution < -0.4 is 0 Å². The van der Waals surface area contributed by atoms with E-state index < -0.39 is 0 Å². The zero-order valence-electron chi connectivity index (χ0n) is 2.74. The number of aliphatic imine (C=N–C) groups is 1. The van der Waals surface area contributed by atoms with Crippen molar-refractivity contribution in [1.82, 2.24) is 0 Å². The highest BCUT2D eigenvalue weighted by molar-refractivity contribution is 9.11. The summed E-state index contributed by atoms with van der Waals surface area (Å²) < 4.78 is 0.581. The zero-order chi connectivity index (χ0) is 4.28. The molecule has 0 amide bonds. The standard InChI is InChI=1S/C3H4BrN/c1-3(4)5-2/h1-2H2. The minimum Gasteiger partial charge on any atom is -0.258 e. The van der Waals surface area contributed by atoms with E-state index in [-0.39, 0.29) is 0 Å². The normalized spacial score (nSPS) is 6.60. The van der Waals surface area contributed by atoms with Gasteiger partial charge in [0.1, 0.15) is 0 Å². The fourth-order valence-electron chi connectivity index (χ4n) is 0. The fourth-order valence-corrected chi connectivity index (χ4v) is 0. The quantitative estimate of drug-likeness (QED) is 0.381. The van der Waals surface area contributed by atoms with E-state index in [1.807, 2.05) is 0 Å². The second-order valence-electron chi connectivity index (χ2n) is 0.534. The van der Waals surface area contributed by atoms with Gasteiger partial charge in [-0.3, -0.25) is 4.99 Å². The van der Waals surface area contributed by atoms with Crippen molar-refractivity contribution in [3.63, 3.8) is 0 Å². The molecule has 0 spiro atoms. The van der Waals surface area contributed by atoms with Crippen molar-refractivity contribution in [3.8, 4) is 0 Å². The van der Waals surface area contributed by atoms with Gasteiger partial charge in [-0.1, -0.05) is 6.58 Å². The van der Waals surface area contributed by atoms with Crippen LogP contribution in [0.25, 0.3) is 0 Å². The monoisotopic (exact) mass is 133 g/mol. The summed E-state index contributed by atoms with van der Waals surface area (Å²) in [7, 11) is 0. The molecule has 0 aliphatic heterocycles. The third-order valence-electron chi connectivity index (χ3n) is 0.172. The van der Waals surface area contributed by atoms with Crippen molar-refractivity contribution in [3.05, 3.63) is 11.2 Å². The minimum atomic E-state index is 0.581. The van der Waals surface area contributed by atoms with Gasteiger partial charge in [0.15, 0.2) is 0 Å². The molecule has 0 atom stereocenters. The third kappa shape index (κ3) is 3.89. The molecule has 0 aliphatic carbocycles. The molecule has 0 aromatic rings. The Bertz CT molecular complexity index is 57.9. The number of hydrogen-bond donors (Lipinski definition) is 0. The van der Waals surface area contributed by atoms with Crippen LogP contribution in [0.1, 0.15) is 0 Å². The molecule has 0 fully saturated rings.